The van der Waals surface area contributed by atoms with Crippen molar-refractivity contribution in [2.75, 3.05) is 0 Å². The summed E-state index contributed by atoms with van der Waals surface area (Å²) in [6.45, 7) is 7.39. The third kappa shape index (κ3) is 3.66. The predicted octanol–water partition coefficient (Wildman–Crippen LogP) is 2.58. The number of rotatable bonds is 5. The fourth-order valence-electron chi connectivity index (χ4n) is 3.09. The van der Waals surface area contributed by atoms with Crippen molar-refractivity contribution in [1.29, 1.82) is 0 Å². The first-order chi connectivity index (χ1) is 9.10. The maximum atomic E-state index is 10.5. The van der Waals surface area contributed by atoms with Gasteiger partial charge in [-0.15, -0.1) is 0 Å². The first-order valence-corrected chi connectivity index (χ1v) is 7.32. The van der Waals surface area contributed by atoms with Crippen LogP contribution in [0, 0.1) is 11.8 Å². The molecule has 4 nitrogen and oxygen atoms in total. The van der Waals surface area contributed by atoms with E-state index in [1.165, 1.54) is 5.57 Å². The Morgan fingerprint density at radius 1 is 1.53 bits per heavy atom. The second kappa shape index (κ2) is 6.33. The van der Waals surface area contributed by atoms with Crippen molar-refractivity contribution in [3.8, 4) is 0 Å². The van der Waals surface area contributed by atoms with E-state index < -0.39 is 0 Å². The smallest absolute Gasteiger partial charge is 0.138 e. The number of aryl methyl sites for hydroxylation is 1. The molecule has 0 spiro atoms. The van der Waals surface area contributed by atoms with E-state index in [0.717, 1.165) is 31.6 Å². The van der Waals surface area contributed by atoms with Gasteiger partial charge in [-0.3, -0.25) is 4.68 Å². The van der Waals surface area contributed by atoms with Gasteiger partial charge < -0.3 is 5.11 Å². The normalized spacial score (nSPS) is 25.2. The van der Waals surface area contributed by atoms with Crippen LogP contribution < -0.4 is 0 Å². The number of aliphatic hydroxyl groups excluding tert-OH is 1. The van der Waals surface area contributed by atoms with E-state index in [4.69, 9.17) is 0 Å². The SMILES string of the molecule is CCCn1ncnc1CC(O)C1CC(C)=CC(C)C1. The summed E-state index contributed by atoms with van der Waals surface area (Å²) in [6, 6.07) is 0. The molecule has 2 rings (SSSR count). The second-order valence-corrected chi connectivity index (χ2v) is 5.86. The molecular weight excluding hydrogens is 238 g/mol. The van der Waals surface area contributed by atoms with E-state index in [1.807, 2.05) is 4.68 Å². The summed E-state index contributed by atoms with van der Waals surface area (Å²) in [5.74, 6) is 1.84. The standard InChI is InChI=1S/C15H25N3O/c1-4-5-18-15(16-10-17-18)9-14(19)13-7-11(2)6-12(3)8-13/h6,10-11,13-14,19H,4-5,7-9H2,1-3H3. The highest BCUT2D eigenvalue weighted by molar-refractivity contribution is 5.07. The molecule has 19 heavy (non-hydrogen) atoms. The number of aliphatic hydroxyl groups is 1. The molecule has 3 atom stereocenters. The predicted molar refractivity (Wildman–Crippen MR) is 75.7 cm³/mol. The molecule has 4 heteroatoms. The average Bonchev–Trinajstić information content (AvgIpc) is 2.76. The number of aromatic nitrogens is 3. The molecule has 0 bridgehead atoms. The molecule has 0 fully saturated rings. The van der Waals surface area contributed by atoms with Crippen LogP contribution in [0.2, 0.25) is 0 Å². The molecule has 0 aromatic carbocycles. The van der Waals surface area contributed by atoms with E-state index >= 15 is 0 Å². The minimum absolute atomic E-state index is 0.314. The zero-order valence-corrected chi connectivity index (χ0v) is 12.2. The number of nitrogens with zero attached hydrogens (tertiary/aromatic N) is 3. The van der Waals surface area contributed by atoms with Gasteiger partial charge in [0.05, 0.1) is 6.10 Å². The van der Waals surface area contributed by atoms with Crippen molar-refractivity contribution in [2.45, 2.75) is 59.1 Å². The molecule has 1 aliphatic rings. The Kier molecular flexibility index (Phi) is 4.75. The van der Waals surface area contributed by atoms with Gasteiger partial charge in [-0.2, -0.15) is 5.10 Å². The summed E-state index contributed by atoms with van der Waals surface area (Å²) in [5, 5.41) is 14.7. The molecule has 1 N–H and O–H groups in total. The van der Waals surface area contributed by atoms with Crippen LogP contribution in [0.5, 0.6) is 0 Å². The van der Waals surface area contributed by atoms with Crippen LogP contribution in [0.3, 0.4) is 0 Å². The Balaban J connectivity index is 1.99. The molecule has 0 aliphatic heterocycles. The first kappa shape index (κ1) is 14.3. The van der Waals surface area contributed by atoms with Gasteiger partial charge in [0.2, 0.25) is 0 Å². The van der Waals surface area contributed by atoms with E-state index in [1.54, 1.807) is 6.33 Å². The topological polar surface area (TPSA) is 50.9 Å². The van der Waals surface area contributed by atoms with Crippen molar-refractivity contribution in [3.63, 3.8) is 0 Å². The lowest BCUT2D eigenvalue weighted by Gasteiger charge is -2.29. The quantitative estimate of drug-likeness (QED) is 0.831. The van der Waals surface area contributed by atoms with Crippen LogP contribution in [0.25, 0.3) is 0 Å². The Morgan fingerprint density at radius 2 is 2.32 bits per heavy atom. The highest BCUT2D eigenvalue weighted by Crippen LogP contribution is 2.31. The monoisotopic (exact) mass is 263 g/mol. The number of allylic oxidation sites excluding steroid dienone is 2. The largest absolute Gasteiger partial charge is 0.392 e. The zero-order chi connectivity index (χ0) is 13.8. The Bertz CT molecular complexity index is 438. The van der Waals surface area contributed by atoms with Gasteiger partial charge in [-0.25, -0.2) is 4.98 Å². The van der Waals surface area contributed by atoms with Crippen LogP contribution in [0.15, 0.2) is 18.0 Å². The number of hydrogen-bond acceptors (Lipinski definition) is 3. The van der Waals surface area contributed by atoms with E-state index in [0.29, 0.717) is 18.3 Å². The summed E-state index contributed by atoms with van der Waals surface area (Å²) in [4.78, 5) is 4.28. The highest BCUT2D eigenvalue weighted by Gasteiger charge is 2.26. The van der Waals surface area contributed by atoms with Gasteiger partial charge in [0.15, 0.2) is 0 Å². The molecule has 0 saturated carbocycles. The van der Waals surface area contributed by atoms with Gasteiger partial charge in [0, 0.05) is 13.0 Å². The highest BCUT2D eigenvalue weighted by atomic mass is 16.3. The molecule has 1 aliphatic carbocycles. The Morgan fingerprint density at radius 3 is 3.00 bits per heavy atom. The van der Waals surface area contributed by atoms with Crippen LogP contribution in [-0.2, 0) is 13.0 Å². The molecule has 106 valence electrons. The van der Waals surface area contributed by atoms with Gasteiger partial charge >= 0.3 is 0 Å². The van der Waals surface area contributed by atoms with Gasteiger partial charge in [0.25, 0.3) is 0 Å². The minimum Gasteiger partial charge on any atom is -0.392 e. The summed E-state index contributed by atoms with van der Waals surface area (Å²) in [5.41, 5.74) is 1.40. The van der Waals surface area contributed by atoms with Crippen LogP contribution in [0.1, 0.15) is 45.9 Å². The summed E-state index contributed by atoms with van der Waals surface area (Å²) in [7, 11) is 0. The van der Waals surface area contributed by atoms with Crippen LogP contribution in [0.4, 0.5) is 0 Å². The van der Waals surface area contributed by atoms with Crippen LogP contribution >= 0.6 is 0 Å². The average molecular weight is 263 g/mol. The summed E-state index contributed by atoms with van der Waals surface area (Å²) < 4.78 is 1.91. The van der Waals surface area contributed by atoms with Crippen LogP contribution in [-0.4, -0.2) is 26.0 Å². The van der Waals surface area contributed by atoms with E-state index in [2.05, 4.69) is 36.9 Å². The van der Waals surface area contributed by atoms with E-state index in [-0.39, 0.29) is 6.10 Å². The fourth-order valence-corrected chi connectivity index (χ4v) is 3.09. The molecule has 1 aromatic heterocycles. The molecule has 3 unspecified atom stereocenters. The summed E-state index contributed by atoms with van der Waals surface area (Å²) >= 11 is 0. The van der Waals surface area contributed by atoms with Gasteiger partial charge in [-0.05, 0) is 38.0 Å². The van der Waals surface area contributed by atoms with Crippen molar-refractivity contribution < 1.29 is 5.11 Å². The van der Waals surface area contributed by atoms with Crippen molar-refractivity contribution >= 4 is 0 Å². The maximum absolute atomic E-state index is 10.5. The lowest BCUT2D eigenvalue weighted by Crippen LogP contribution is -2.28. The van der Waals surface area contributed by atoms with Gasteiger partial charge in [0.1, 0.15) is 12.2 Å². The fraction of sp³-hybridized carbons (Fsp3) is 0.733. The lowest BCUT2D eigenvalue weighted by molar-refractivity contribution is 0.0902. The Hall–Kier alpha value is -1.16. The zero-order valence-electron chi connectivity index (χ0n) is 12.2. The molecule has 1 aromatic rings. The maximum Gasteiger partial charge on any atom is 0.138 e. The first-order valence-electron chi connectivity index (χ1n) is 7.32. The third-order valence-corrected chi connectivity index (χ3v) is 3.89. The van der Waals surface area contributed by atoms with Crippen molar-refractivity contribution in [3.05, 3.63) is 23.8 Å². The van der Waals surface area contributed by atoms with Gasteiger partial charge in [-0.1, -0.05) is 25.5 Å². The van der Waals surface area contributed by atoms with Crippen molar-refractivity contribution in [2.24, 2.45) is 11.8 Å². The summed E-state index contributed by atoms with van der Waals surface area (Å²) in [6.07, 6.45) is 7.33. The van der Waals surface area contributed by atoms with Crippen molar-refractivity contribution in [1.82, 2.24) is 14.8 Å². The number of hydrogen-bond donors (Lipinski definition) is 1. The second-order valence-electron chi connectivity index (χ2n) is 5.86. The third-order valence-electron chi connectivity index (χ3n) is 3.89. The molecule has 0 saturated heterocycles. The molecule has 0 amide bonds. The molecule has 1 heterocycles. The minimum atomic E-state index is -0.314. The molecule has 0 radical (unpaired) electrons. The lowest BCUT2D eigenvalue weighted by atomic mass is 9.80. The van der Waals surface area contributed by atoms with E-state index in [9.17, 15) is 5.11 Å². The molecular formula is C15H25N3O. The Labute approximate surface area is 115 Å².